The summed E-state index contributed by atoms with van der Waals surface area (Å²) in [4.78, 5) is 13.7. The molecule has 1 atom stereocenters. The van der Waals surface area contributed by atoms with E-state index >= 15 is 0 Å². The van der Waals surface area contributed by atoms with Crippen LogP contribution >= 0.6 is 35.1 Å². The Labute approximate surface area is 148 Å². The topological polar surface area (TPSA) is 56.2 Å². The van der Waals surface area contributed by atoms with Crippen LogP contribution < -0.4 is 4.72 Å². The number of rotatable bonds is 4. The Morgan fingerprint density at radius 2 is 1.91 bits per heavy atom. The standard InChI is InChI=1S/C16H13Cl2N3OS/c17-12-7-6-11(8-13(12)18)15-21(16(22)20-23-15)9-14(19)10-4-2-1-3-5-10/h1-8,15,19H,9H2,(H,20,22). The normalized spacial score (nSPS) is 17.2. The van der Waals surface area contributed by atoms with Crippen LogP contribution in [-0.2, 0) is 0 Å². The number of halogens is 2. The lowest BCUT2D eigenvalue weighted by atomic mass is 10.1. The van der Waals surface area contributed by atoms with Gasteiger partial charge in [0.25, 0.3) is 0 Å². The van der Waals surface area contributed by atoms with Gasteiger partial charge < -0.3 is 10.3 Å². The predicted octanol–water partition coefficient (Wildman–Crippen LogP) is 4.73. The quantitative estimate of drug-likeness (QED) is 0.607. The van der Waals surface area contributed by atoms with Crippen molar-refractivity contribution in [1.29, 1.82) is 5.41 Å². The van der Waals surface area contributed by atoms with Crippen molar-refractivity contribution in [2.24, 2.45) is 0 Å². The van der Waals surface area contributed by atoms with Crippen LogP contribution in [0.15, 0.2) is 48.5 Å². The molecule has 0 saturated carbocycles. The van der Waals surface area contributed by atoms with Gasteiger partial charge in [-0.15, -0.1) is 0 Å². The monoisotopic (exact) mass is 365 g/mol. The molecule has 1 aliphatic heterocycles. The molecule has 3 rings (SSSR count). The number of nitrogens with zero attached hydrogens (tertiary/aromatic N) is 1. The molecule has 2 amide bonds. The van der Waals surface area contributed by atoms with Crippen LogP contribution in [0.4, 0.5) is 4.79 Å². The van der Waals surface area contributed by atoms with E-state index in [1.807, 2.05) is 36.4 Å². The van der Waals surface area contributed by atoms with Crippen molar-refractivity contribution < 1.29 is 4.79 Å². The zero-order valence-electron chi connectivity index (χ0n) is 11.9. The van der Waals surface area contributed by atoms with Crippen molar-refractivity contribution in [3.05, 3.63) is 69.7 Å². The van der Waals surface area contributed by atoms with Crippen LogP contribution in [0.25, 0.3) is 0 Å². The minimum absolute atomic E-state index is 0.216. The summed E-state index contributed by atoms with van der Waals surface area (Å²) in [7, 11) is 0. The second-order valence-electron chi connectivity index (χ2n) is 5.02. The van der Waals surface area contributed by atoms with Gasteiger partial charge in [0.1, 0.15) is 5.37 Å². The smallest absolute Gasteiger partial charge is 0.303 e. The molecule has 1 fully saturated rings. The van der Waals surface area contributed by atoms with Gasteiger partial charge in [-0.25, -0.2) is 4.79 Å². The van der Waals surface area contributed by atoms with Crippen LogP contribution in [-0.4, -0.2) is 23.2 Å². The van der Waals surface area contributed by atoms with Crippen molar-refractivity contribution in [3.63, 3.8) is 0 Å². The zero-order chi connectivity index (χ0) is 16.4. The van der Waals surface area contributed by atoms with Crippen LogP contribution in [0.1, 0.15) is 16.5 Å². The first-order chi connectivity index (χ1) is 11.1. The largest absolute Gasteiger partial charge is 0.329 e. The summed E-state index contributed by atoms with van der Waals surface area (Å²) in [5.41, 5.74) is 2.04. The van der Waals surface area contributed by atoms with Gasteiger partial charge in [0.2, 0.25) is 0 Å². The van der Waals surface area contributed by atoms with Crippen molar-refractivity contribution in [2.75, 3.05) is 6.54 Å². The van der Waals surface area contributed by atoms with Crippen molar-refractivity contribution in [1.82, 2.24) is 9.62 Å². The Balaban J connectivity index is 1.82. The average Bonchev–Trinajstić information content (AvgIpc) is 2.92. The molecule has 0 aliphatic carbocycles. The number of amides is 2. The number of carbonyl (C=O) groups is 1. The Bertz CT molecular complexity index is 754. The van der Waals surface area contributed by atoms with Gasteiger partial charge >= 0.3 is 6.03 Å². The summed E-state index contributed by atoms with van der Waals surface area (Å²) in [5.74, 6) is 0. The van der Waals surface area contributed by atoms with Crippen LogP contribution in [0.5, 0.6) is 0 Å². The van der Waals surface area contributed by atoms with Gasteiger partial charge in [-0.3, -0.25) is 4.72 Å². The van der Waals surface area contributed by atoms with Crippen LogP contribution in [0.3, 0.4) is 0 Å². The summed E-state index contributed by atoms with van der Waals surface area (Å²) < 4.78 is 2.74. The fraction of sp³-hybridized carbons (Fsp3) is 0.125. The summed E-state index contributed by atoms with van der Waals surface area (Å²) in [6.07, 6.45) is 0. The Morgan fingerprint density at radius 3 is 2.61 bits per heavy atom. The molecule has 2 N–H and O–H groups in total. The van der Waals surface area contributed by atoms with E-state index in [0.29, 0.717) is 15.8 Å². The Morgan fingerprint density at radius 1 is 1.17 bits per heavy atom. The molecular formula is C16H13Cl2N3OS. The maximum absolute atomic E-state index is 12.1. The molecule has 2 aromatic rings. The fourth-order valence-corrected chi connectivity index (χ4v) is 3.52. The summed E-state index contributed by atoms with van der Waals surface area (Å²) in [5, 5.41) is 8.91. The summed E-state index contributed by atoms with van der Waals surface area (Å²) >= 11 is 13.3. The van der Waals surface area contributed by atoms with E-state index in [1.54, 1.807) is 17.0 Å². The highest BCUT2D eigenvalue weighted by Crippen LogP contribution is 2.38. The van der Waals surface area contributed by atoms with E-state index in [2.05, 4.69) is 4.72 Å². The average molecular weight is 366 g/mol. The molecule has 23 heavy (non-hydrogen) atoms. The van der Waals surface area contributed by atoms with Gasteiger partial charge in [0.05, 0.1) is 22.3 Å². The van der Waals surface area contributed by atoms with Gasteiger partial charge in [-0.05, 0) is 35.2 Å². The molecule has 4 nitrogen and oxygen atoms in total. The Kier molecular flexibility index (Phi) is 4.80. The summed E-state index contributed by atoms with van der Waals surface area (Å²) in [6, 6.07) is 14.4. The van der Waals surface area contributed by atoms with Gasteiger partial charge in [0.15, 0.2) is 0 Å². The number of hydrogen-bond acceptors (Lipinski definition) is 3. The van der Waals surface area contributed by atoms with E-state index < -0.39 is 0 Å². The highest BCUT2D eigenvalue weighted by molar-refractivity contribution is 7.98. The molecule has 7 heteroatoms. The van der Waals surface area contributed by atoms with Gasteiger partial charge in [-0.2, -0.15) is 0 Å². The number of carbonyl (C=O) groups excluding carboxylic acids is 1. The lowest BCUT2D eigenvalue weighted by molar-refractivity contribution is 0.213. The maximum Gasteiger partial charge on any atom is 0.329 e. The molecule has 118 valence electrons. The first kappa shape index (κ1) is 16.2. The number of urea groups is 1. The molecule has 0 spiro atoms. The SMILES string of the molecule is N=C(CN1C(=O)NSC1c1ccc(Cl)c(Cl)c1)c1ccccc1. The second kappa shape index (κ2) is 6.83. The lowest BCUT2D eigenvalue weighted by Gasteiger charge is -2.23. The predicted molar refractivity (Wildman–Crippen MR) is 95.3 cm³/mol. The van der Waals surface area contributed by atoms with Gasteiger partial charge in [-0.1, -0.05) is 59.6 Å². The molecular weight excluding hydrogens is 353 g/mol. The molecule has 1 aliphatic rings. The van der Waals surface area contributed by atoms with E-state index in [0.717, 1.165) is 11.1 Å². The molecule has 0 bridgehead atoms. The van der Waals surface area contributed by atoms with E-state index in [-0.39, 0.29) is 17.9 Å². The number of nitrogens with one attached hydrogen (secondary N) is 2. The van der Waals surface area contributed by atoms with Crippen LogP contribution in [0.2, 0.25) is 10.0 Å². The maximum atomic E-state index is 12.1. The minimum Gasteiger partial charge on any atom is -0.303 e. The summed E-state index contributed by atoms with van der Waals surface area (Å²) in [6.45, 7) is 0.216. The first-order valence-corrected chi connectivity index (χ1v) is 8.50. The molecule has 0 aromatic heterocycles. The van der Waals surface area contributed by atoms with Gasteiger partial charge in [0, 0.05) is 0 Å². The molecule has 1 heterocycles. The van der Waals surface area contributed by atoms with E-state index in [4.69, 9.17) is 28.6 Å². The van der Waals surface area contributed by atoms with E-state index in [9.17, 15) is 4.79 Å². The van der Waals surface area contributed by atoms with Crippen molar-refractivity contribution in [3.8, 4) is 0 Å². The molecule has 1 unspecified atom stereocenters. The molecule has 1 saturated heterocycles. The van der Waals surface area contributed by atoms with Crippen molar-refractivity contribution >= 4 is 46.9 Å². The Hall–Kier alpha value is -1.69. The molecule has 2 aromatic carbocycles. The minimum atomic E-state index is -0.249. The first-order valence-electron chi connectivity index (χ1n) is 6.86. The number of benzene rings is 2. The molecule has 0 radical (unpaired) electrons. The second-order valence-corrected chi connectivity index (χ2v) is 6.72. The zero-order valence-corrected chi connectivity index (χ0v) is 14.3. The third-order valence-corrected chi connectivity index (χ3v) is 5.26. The van der Waals surface area contributed by atoms with E-state index in [1.165, 1.54) is 11.9 Å². The third kappa shape index (κ3) is 3.47. The van der Waals surface area contributed by atoms with Crippen LogP contribution in [0, 0.1) is 5.41 Å². The lowest BCUT2D eigenvalue weighted by Crippen LogP contribution is -2.34. The number of hydrogen-bond donors (Lipinski definition) is 2. The fourth-order valence-electron chi connectivity index (χ4n) is 2.30. The van der Waals surface area contributed by atoms with Crippen molar-refractivity contribution in [2.45, 2.75) is 5.37 Å². The third-order valence-electron chi connectivity index (χ3n) is 3.48. The highest BCUT2D eigenvalue weighted by Gasteiger charge is 2.34. The highest BCUT2D eigenvalue weighted by atomic mass is 35.5.